The molecular weight excluding hydrogens is 258 g/mol. The van der Waals surface area contributed by atoms with Crippen molar-refractivity contribution in [3.8, 4) is 0 Å². The third-order valence-corrected chi connectivity index (χ3v) is 2.81. The molecule has 6 heteroatoms. The molecule has 72 valence electrons. The monoisotopic (exact) mass is 265 g/mol. The number of carbonyl (C=O) groups is 1. The van der Waals surface area contributed by atoms with Gasteiger partial charge >= 0.3 is 5.97 Å². The molecule has 0 aliphatic carbocycles. The smallest absolute Gasteiger partial charge is 0.335 e. The average Bonchev–Trinajstić information content (AvgIpc) is 2.49. The maximum Gasteiger partial charge on any atom is 0.335 e. The van der Waals surface area contributed by atoms with Gasteiger partial charge in [-0.3, -0.25) is 0 Å². The predicted octanol–water partition coefficient (Wildman–Crippen LogP) is 0.982. The molecule has 0 spiro atoms. The van der Waals surface area contributed by atoms with Crippen LogP contribution in [0.2, 0.25) is 0 Å². The summed E-state index contributed by atoms with van der Waals surface area (Å²) in [6.07, 6.45) is -0.937. The molecule has 4 nitrogen and oxygen atoms in total. The van der Waals surface area contributed by atoms with E-state index < -0.39 is 12.1 Å². The van der Waals surface area contributed by atoms with Crippen molar-refractivity contribution in [2.24, 2.45) is 0 Å². The van der Waals surface area contributed by atoms with Gasteiger partial charge in [-0.2, -0.15) is 0 Å². The summed E-state index contributed by atoms with van der Waals surface area (Å²) in [5, 5.41) is 11.0. The first kappa shape index (κ1) is 10.6. The molecule has 1 rings (SSSR count). The highest BCUT2D eigenvalue weighted by molar-refractivity contribution is 9.11. The Kier molecular flexibility index (Phi) is 3.83. The van der Waals surface area contributed by atoms with Crippen LogP contribution in [0.15, 0.2) is 9.30 Å². The summed E-state index contributed by atoms with van der Waals surface area (Å²) in [4.78, 5) is 14.8. The highest BCUT2D eigenvalue weighted by Crippen LogP contribution is 2.16. The van der Waals surface area contributed by atoms with Gasteiger partial charge in [0.2, 0.25) is 0 Å². The number of thiazole rings is 1. The first-order valence-corrected chi connectivity index (χ1v) is 5.16. The Bertz CT molecular complexity index is 302. The van der Waals surface area contributed by atoms with Crippen molar-refractivity contribution in [3.63, 3.8) is 0 Å². The fourth-order valence-corrected chi connectivity index (χ4v) is 1.85. The summed E-state index contributed by atoms with van der Waals surface area (Å²) in [7, 11) is 1.24. The number of carbonyl (C=O) groups excluding carboxylic acids is 1. The normalized spacial score (nSPS) is 12.5. The summed E-state index contributed by atoms with van der Waals surface area (Å²) in [6.45, 7) is 0. The topological polar surface area (TPSA) is 59.4 Å². The lowest BCUT2D eigenvalue weighted by Crippen LogP contribution is -2.24. The molecule has 0 aromatic carbocycles. The summed E-state index contributed by atoms with van der Waals surface area (Å²) >= 11 is 4.59. The second-order valence-electron chi connectivity index (χ2n) is 2.33. The number of aromatic nitrogens is 1. The molecule has 0 saturated heterocycles. The summed E-state index contributed by atoms with van der Waals surface area (Å²) in [6, 6.07) is 0. The van der Waals surface area contributed by atoms with Gasteiger partial charge in [0.25, 0.3) is 0 Å². The van der Waals surface area contributed by atoms with Crippen LogP contribution in [0.4, 0.5) is 0 Å². The van der Waals surface area contributed by atoms with Crippen LogP contribution < -0.4 is 0 Å². The Morgan fingerprint density at radius 1 is 1.92 bits per heavy atom. The lowest BCUT2D eigenvalue weighted by molar-refractivity contribution is -0.150. The fraction of sp³-hybridized carbons (Fsp3) is 0.429. The molecule has 13 heavy (non-hydrogen) atoms. The highest BCUT2D eigenvalue weighted by atomic mass is 79.9. The Morgan fingerprint density at radius 2 is 2.62 bits per heavy atom. The second kappa shape index (κ2) is 4.69. The van der Waals surface area contributed by atoms with Crippen LogP contribution in [0, 0.1) is 0 Å². The number of nitrogens with zero attached hydrogens (tertiary/aromatic N) is 1. The standard InChI is InChI=1S/C7H8BrNO3S/c1-12-6(11)5(10)2-4-3-13-7(8)9-4/h3,5,10H,2H2,1H3. The van der Waals surface area contributed by atoms with Crippen LogP contribution in [0.25, 0.3) is 0 Å². The molecule has 1 aromatic heterocycles. The zero-order chi connectivity index (χ0) is 9.84. The number of rotatable bonds is 3. The van der Waals surface area contributed by atoms with Gasteiger partial charge in [-0.1, -0.05) is 0 Å². The number of halogens is 1. The van der Waals surface area contributed by atoms with Crippen LogP contribution in [0.3, 0.4) is 0 Å². The van der Waals surface area contributed by atoms with Crippen LogP contribution in [0.1, 0.15) is 5.69 Å². The minimum Gasteiger partial charge on any atom is -0.467 e. The molecule has 0 radical (unpaired) electrons. The molecule has 1 unspecified atom stereocenters. The number of aliphatic hydroxyl groups excluding tert-OH is 1. The molecule has 1 atom stereocenters. The third-order valence-electron chi connectivity index (χ3n) is 1.40. The van der Waals surface area contributed by atoms with Crippen molar-refractivity contribution in [3.05, 3.63) is 15.0 Å². The van der Waals surface area contributed by atoms with E-state index in [9.17, 15) is 9.90 Å². The van der Waals surface area contributed by atoms with Crippen molar-refractivity contribution in [2.75, 3.05) is 7.11 Å². The molecule has 0 aliphatic rings. The van der Waals surface area contributed by atoms with Crippen molar-refractivity contribution in [2.45, 2.75) is 12.5 Å². The van der Waals surface area contributed by atoms with Gasteiger partial charge in [-0.15, -0.1) is 11.3 Å². The highest BCUT2D eigenvalue weighted by Gasteiger charge is 2.17. The van der Waals surface area contributed by atoms with Gasteiger partial charge in [0.15, 0.2) is 10.0 Å². The molecule has 0 bridgehead atoms. The first-order chi connectivity index (χ1) is 6.13. The van der Waals surface area contributed by atoms with Gasteiger partial charge in [0, 0.05) is 11.8 Å². The van der Waals surface area contributed by atoms with E-state index in [1.807, 2.05) is 0 Å². The number of ether oxygens (including phenoxy) is 1. The van der Waals surface area contributed by atoms with Crippen molar-refractivity contribution >= 4 is 33.2 Å². The summed E-state index contributed by atoms with van der Waals surface area (Å²) in [5.41, 5.74) is 0.676. The molecule has 0 amide bonds. The molecule has 1 N–H and O–H groups in total. The number of esters is 1. The van der Waals surface area contributed by atoms with Crippen LogP contribution >= 0.6 is 27.3 Å². The van der Waals surface area contributed by atoms with Crippen molar-refractivity contribution in [1.82, 2.24) is 4.98 Å². The summed E-state index contributed by atoms with van der Waals surface area (Å²) in [5.74, 6) is -0.635. The maximum absolute atomic E-state index is 10.8. The zero-order valence-corrected chi connectivity index (χ0v) is 9.26. The van der Waals surface area contributed by atoms with E-state index in [0.29, 0.717) is 5.69 Å². The molecule has 1 heterocycles. The third kappa shape index (κ3) is 3.06. The minimum absolute atomic E-state index is 0.189. The lowest BCUT2D eigenvalue weighted by Gasteiger charge is -2.04. The minimum atomic E-state index is -1.13. The Balaban J connectivity index is 2.54. The fourth-order valence-electron chi connectivity index (χ4n) is 0.793. The second-order valence-corrected chi connectivity index (χ2v) is 4.47. The van der Waals surface area contributed by atoms with Crippen LogP contribution in [0.5, 0.6) is 0 Å². The Hall–Kier alpha value is -0.460. The largest absolute Gasteiger partial charge is 0.467 e. The lowest BCUT2D eigenvalue weighted by atomic mass is 10.2. The number of methoxy groups -OCH3 is 1. The maximum atomic E-state index is 10.8. The summed E-state index contributed by atoms with van der Waals surface area (Å²) < 4.78 is 5.10. The van der Waals surface area contributed by atoms with E-state index in [4.69, 9.17) is 0 Å². The van der Waals surface area contributed by atoms with E-state index in [1.54, 1.807) is 5.38 Å². The van der Waals surface area contributed by atoms with Gasteiger partial charge < -0.3 is 9.84 Å². The number of hydrogen-bond donors (Lipinski definition) is 1. The van der Waals surface area contributed by atoms with E-state index in [2.05, 4.69) is 25.7 Å². The number of hydrogen-bond acceptors (Lipinski definition) is 5. The van der Waals surface area contributed by atoms with E-state index in [0.717, 1.165) is 3.92 Å². The van der Waals surface area contributed by atoms with Gasteiger partial charge in [0.05, 0.1) is 12.8 Å². The Morgan fingerprint density at radius 3 is 3.08 bits per heavy atom. The SMILES string of the molecule is COC(=O)C(O)Cc1csc(Br)n1. The first-order valence-electron chi connectivity index (χ1n) is 3.49. The number of aliphatic hydroxyl groups is 1. The van der Waals surface area contributed by atoms with E-state index in [-0.39, 0.29) is 6.42 Å². The molecular formula is C7H8BrNO3S. The van der Waals surface area contributed by atoms with Crippen LogP contribution in [-0.4, -0.2) is 29.3 Å². The molecule has 0 fully saturated rings. The van der Waals surface area contributed by atoms with E-state index in [1.165, 1.54) is 18.4 Å². The van der Waals surface area contributed by atoms with E-state index >= 15 is 0 Å². The quantitative estimate of drug-likeness (QED) is 0.828. The Labute approximate surface area is 87.7 Å². The average molecular weight is 266 g/mol. The predicted molar refractivity (Wildman–Crippen MR) is 51.5 cm³/mol. The molecule has 1 aromatic rings. The van der Waals surface area contributed by atoms with Crippen molar-refractivity contribution < 1.29 is 14.6 Å². The zero-order valence-electron chi connectivity index (χ0n) is 6.86. The van der Waals surface area contributed by atoms with Gasteiger partial charge in [0.1, 0.15) is 0 Å². The van der Waals surface area contributed by atoms with Gasteiger partial charge in [-0.05, 0) is 15.9 Å². The van der Waals surface area contributed by atoms with Gasteiger partial charge in [-0.25, -0.2) is 9.78 Å². The van der Waals surface area contributed by atoms with Crippen LogP contribution in [-0.2, 0) is 16.0 Å². The molecule has 0 aliphatic heterocycles. The molecule has 0 saturated carbocycles. The van der Waals surface area contributed by atoms with Crippen molar-refractivity contribution in [1.29, 1.82) is 0 Å².